The second-order valence-electron chi connectivity index (χ2n) is 5.87. The van der Waals surface area contributed by atoms with Gasteiger partial charge in [-0.1, -0.05) is 30.5 Å². The van der Waals surface area contributed by atoms with Gasteiger partial charge in [-0.3, -0.25) is 5.32 Å². The van der Waals surface area contributed by atoms with Crippen molar-refractivity contribution in [3.8, 4) is 0 Å². The zero-order chi connectivity index (χ0) is 16.2. The summed E-state index contributed by atoms with van der Waals surface area (Å²) in [6, 6.07) is 5.24. The van der Waals surface area contributed by atoms with Crippen molar-refractivity contribution in [2.45, 2.75) is 45.4 Å². The van der Waals surface area contributed by atoms with Gasteiger partial charge in [-0.15, -0.1) is 11.3 Å². The summed E-state index contributed by atoms with van der Waals surface area (Å²) in [4.78, 5) is 18.1. The van der Waals surface area contributed by atoms with E-state index in [1.165, 1.54) is 30.6 Å². The van der Waals surface area contributed by atoms with Crippen molar-refractivity contribution in [3.63, 3.8) is 0 Å². The molecule has 0 aliphatic heterocycles. The Bertz CT molecular complexity index is 688. The minimum atomic E-state index is -0.308. The summed E-state index contributed by atoms with van der Waals surface area (Å²) in [5, 5.41) is 6.80. The van der Waals surface area contributed by atoms with E-state index in [1.807, 2.05) is 19.1 Å². The number of aryl methyl sites for hydroxylation is 3. The quantitative estimate of drug-likeness (QED) is 0.761. The smallest absolute Gasteiger partial charge is 0.306 e. The van der Waals surface area contributed by atoms with Gasteiger partial charge in [0.25, 0.3) is 0 Å². The summed E-state index contributed by atoms with van der Waals surface area (Å²) >= 11 is 7.73. The van der Waals surface area contributed by atoms with Crippen molar-refractivity contribution in [2.75, 3.05) is 10.6 Å². The molecule has 0 radical (unpaired) electrons. The van der Waals surface area contributed by atoms with Gasteiger partial charge in [0.05, 0.1) is 16.4 Å². The van der Waals surface area contributed by atoms with Crippen molar-refractivity contribution in [1.29, 1.82) is 0 Å². The highest BCUT2D eigenvalue weighted by molar-refractivity contribution is 7.15. The summed E-state index contributed by atoms with van der Waals surface area (Å²) in [6.07, 6.45) is 7.03. The highest BCUT2D eigenvalue weighted by Crippen LogP contribution is 2.29. The Labute approximate surface area is 145 Å². The van der Waals surface area contributed by atoms with Crippen LogP contribution in [0.1, 0.15) is 41.8 Å². The number of nitrogens with one attached hydrogen (secondary N) is 2. The Kier molecular flexibility index (Phi) is 5.18. The molecule has 122 valence electrons. The average molecular weight is 350 g/mol. The van der Waals surface area contributed by atoms with Gasteiger partial charge in [0.15, 0.2) is 5.13 Å². The van der Waals surface area contributed by atoms with E-state index in [0.717, 1.165) is 24.1 Å². The third-order valence-electron chi connectivity index (χ3n) is 3.94. The summed E-state index contributed by atoms with van der Waals surface area (Å²) in [5.41, 5.74) is 2.81. The Morgan fingerprint density at radius 2 is 1.96 bits per heavy atom. The van der Waals surface area contributed by atoms with Crippen LogP contribution in [-0.2, 0) is 12.8 Å². The lowest BCUT2D eigenvalue weighted by atomic mass is 10.0. The predicted molar refractivity (Wildman–Crippen MR) is 96.8 cm³/mol. The number of urea groups is 1. The fraction of sp³-hybridized carbons (Fsp3) is 0.412. The molecular formula is C17H20ClN3OS. The molecule has 1 aromatic carbocycles. The van der Waals surface area contributed by atoms with E-state index in [-0.39, 0.29) is 6.03 Å². The summed E-state index contributed by atoms with van der Waals surface area (Å²) in [6.45, 7) is 1.96. The highest BCUT2D eigenvalue weighted by Gasteiger charge is 2.15. The lowest BCUT2D eigenvalue weighted by Crippen LogP contribution is -2.19. The minimum absolute atomic E-state index is 0.308. The van der Waals surface area contributed by atoms with Crippen molar-refractivity contribution in [2.24, 2.45) is 0 Å². The van der Waals surface area contributed by atoms with Gasteiger partial charge in [-0.2, -0.15) is 0 Å². The van der Waals surface area contributed by atoms with Gasteiger partial charge >= 0.3 is 6.03 Å². The number of carbonyl (C=O) groups excluding carboxylic acids is 1. The van der Waals surface area contributed by atoms with Gasteiger partial charge in [-0.25, -0.2) is 9.78 Å². The van der Waals surface area contributed by atoms with E-state index in [2.05, 4.69) is 15.6 Å². The Balaban J connectivity index is 1.67. The molecule has 6 heteroatoms. The first-order valence-electron chi connectivity index (χ1n) is 7.94. The maximum absolute atomic E-state index is 12.2. The molecule has 1 aliphatic rings. The van der Waals surface area contributed by atoms with Crippen LogP contribution >= 0.6 is 22.9 Å². The number of benzene rings is 1. The number of aromatic nitrogens is 1. The lowest BCUT2D eigenvalue weighted by molar-refractivity contribution is 0.262. The minimum Gasteiger partial charge on any atom is -0.306 e. The van der Waals surface area contributed by atoms with Crippen LogP contribution in [0.3, 0.4) is 0 Å². The largest absolute Gasteiger partial charge is 0.325 e. The monoisotopic (exact) mass is 349 g/mol. The zero-order valence-corrected chi connectivity index (χ0v) is 14.7. The normalized spacial score (nSPS) is 14.5. The summed E-state index contributed by atoms with van der Waals surface area (Å²) in [7, 11) is 0. The number of carbonyl (C=O) groups is 1. The fourth-order valence-corrected chi connectivity index (χ4v) is 4.06. The second-order valence-corrected chi connectivity index (χ2v) is 7.36. The molecule has 23 heavy (non-hydrogen) atoms. The standard InChI is InChI=1S/C17H20ClN3OS/c1-11-8-9-13(12(18)10-11)19-16(22)21-17-20-14-6-4-2-3-5-7-15(14)23-17/h8-10H,2-7H2,1H3,(H2,19,20,21,22). The number of amides is 2. The number of anilines is 2. The molecule has 3 rings (SSSR count). The Morgan fingerprint density at radius 1 is 1.17 bits per heavy atom. The van der Waals surface area contributed by atoms with Crippen LogP contribution in [0.2, 0.25) is 5.02 Å². The third kappa shape index (κ3) is 4.24. The number of fused-ring (bicyclic) bond motifs is 1. The zero-order valence-electron chi connectivity index (χ0n) is 13.1. The van der Waals surface area contributed by atoms with Crippen molar-refractivity contribution in [3.05, 3.63) is 39.4 Å². The third-order valence-corrected chi connectivity index (χ3v) is 5.32. The molecule has 0 atom stereocenters. The van der Waals surface area contributed by atoms with Crippen molar-refractivity contribution in [1.82, 2.24) is 4.98 Å². The van der Waals surface area contributed by atoms with Crippen LogP contribution < -0.4 is 10.6 Å². The van der Waals surface area contributed by atoms with Crippen LogP contribution in [0.25, 0.3) is 0 Å². The maximum atomic E-state index is 12.2. The molecule has 4 nitrogen and oxygen atoms in total. The lowest BCUT2D eigenvalue weighted by Gasteiger charge is -2.07. The number of nitrogens with zero attached hydrogens (tertiary/aromatic N) is 1. The van der Waals surface area contributed by atoms with E-state index < -0.39 is 0 Å². The average Bonchev–Trinajstić information content (AvgIpc) is 2.83. The molecule has 2 N–H and O–H groups in total. The number of halogens is 1. The Hall–Kier alpha value is -1.59. The number of rotatable bonds is 2. The van der Waals surface area contributed by atoms with E-state index in [9.17, 15) is 4.79 Å². The number of hydrogen-bond donors (Lipinski definition) is 2. The molecule has 0 saturated carbocycles. The van der Waals surface area contributed by atoms with Crippen molar-refractivity contribution < 1.29 is 4.79 Å². The first kappa shape index (κ1) is 16.3. The van der Waals surface area contributed by atoms with E-state index in [0.29, 0.717) is 15.8 Å². The van der Waals surface area contributed by atoms with Crippen LogP contribution in [-0.4, -0.2) is 11.0 Å². The van der Waals surface area contributed by atoms with Gasteiger partial charge < -0.3 is 5.32 Å². The molecule has 2 amide bonds. The molecule has 0 spiro atoms. The van der Waals surface area contributed by atoms with Gasteiger partial charge in [0.2, 0.25) is 0 Å². The van der Waals surface area contributed by atoms with Crippen LogP contribution in [0, 0.1) is 6.92 Å². The maximum Gasteiger partial charge on any atom is 0.325 e. The van der Waals surface area contributed by atoms with Gasteiger partial charge in [-0.05, 0) is 50.3 Å². The molecule has 0 unspecified atom stereocenters. The van der Waals surface area contributed by atoms with Gasteiger partial charge in [0.1, 0.15) is 0 Å². The molecule has 0 bridgehead atoms. The molecular weight excluding hydrogens is 330 g/mol. The molecule has 1 heterocycles. The Morgan fingerprint density at radius 3 is 2.74 bits per heavy atom. The highest BCUT2D eigenvalue weighted by atomic mass is 35.5. The van der Waals surface area contributed by atoms with Crippen LogP contribution in [0.5, 0.6) is 0 Å². The molecule has 0 fully saturated rings. The molecule has 2 aromatic rings. The van der Waals surface area contributed by atoms with E-state index in [4.69, 9.17) is 11.6 Å². The summed E-state index contributed by atoms with van der Waals surface area (Å²) < 4.78 is 0. The molecule has 1 aromatic heterocycles. The van der Waals surface area contributed by atoms with Crippen LogP contribution in [0.15, 0.2) is 18.2 Å². The molecule has 0 saturated heterocycles. The SMILES string of the molecule is Cc1ccc(NC(=O)Nc2nc3c(s2)CCCCCC3)c(Cl)c1. The number of thiazole rings is 1. The van der Waals surface area contributed by atoms with Crippen LogP contribution in [0.4, 0.5) is 15.6 Å². The topological polar surface area (TPSA) is 54.0 Å². The first-order valence-corrected chi connectivity index (χ1v) is 9.14. The first-order chi connectivity index (χ1) is 11.1. The predicted octanol–water partition coefficient (Wildman–Crippen LogP) is 5.41. The second kappa shape index (κ2) is 7.32. The van der Waals surface area contributed by atoms with E-state index in [1.54, 1.807) is 17.4 Å². The number of hydrogen-bond acceptors (Lipinski definition) is 3. The fourth-order valence-electron chi connectivity index (χ4n) is 2.73. The van der Waals surface area contributed by atoms with E-state index >= 15 is 0 Å². The van der Waals surface area contributed by atoms with Gasteiger partial charge in [0, 0.05) is 4.88 Å². The summed E-state index contributed by atoms with van der Waals surface area (Å²) in [5.74, 6) is 0. The van der Waals surface area contributed by atoms with Crippen molar-refractivity contribution >= 4 is 39.8 Å². The molecule has 1 aliphatic carbocycles.